The lowest BCUT2D eigenvalue weighted by Gasteiger charge is -2.11. The molecule has 0 saturated carbocycles. The first kappa shape index (κ1) is 7.16. The van der Waals surface area contributed by atoms with Crippen LogP contribution in [0.25, 0.3) is 0 Å². The highest BCUT2D eigenvalue weighted by atomic mass is 127. The van der Waals surface area contributed by atoms with Crippen LogP contribution in [0.4, 0.5) is 0 Å². The van der Waals surface area contributed by atoms with Crippen molar-refractivity contribution in [1.82, 2.24) is 0 Å². The molecule has 6 heavy (non-hydrogen) atoms. The van der Waals surface area contributed by atoms with Gasteiger partial charge < -0.3 is 0 Å². The van der Waals surface area contributed by atoms with Gasteiger partial charge in [-0.1, -0.05) is 42.8 Å². The van der Waals surface area contributed by atoms with E-state index in [0.29, 0.717) is 5.16 Å². The highest BCUT2D eigenvalue weighted by molar-refractivity contribution is 14.2. The highest BCUT2D eigenvalue weighted by Crippen LogP contribution is 2.36. The van der Waals surface area contributed by atoms with Crippen molar-refractivity contribution >= 4 is 28.3 Å². The number of rotatable bonds is 0. The largest absolute Gasteiger partial charge is 0.0567 e. The Kier molecular flexibility index (Phi) is 2.94. The van der Waals surface area contributed by atoms with Gasteiger partial charge in [0.25, 0.3) is 0 Å². The Bertz CT molecular complexity index is 37.3. The minimum Gasteiger partial charge on any atom is -0.0567 e. The molecule has 38 valence electrons. The van der Waals surface area contributed by atoms with Crippen molar-refractivity contribution in [1.29, 1.82) is 0 Å². The molecular weight excluding hydrogens is 206 g/mol. The Morgan fingerprint density at radius 1 is 1.33 bits per heavy atom. The van der Waals surface area contributed by atoms with Crippen LogP contribution in [0.15, 0.2) is 0 Å². The van der Waals surface area contributed by atoms with E-state index in [0.717, 1.165) is 6.22 Å². The molecule has 0 aromatic heterocycles. The van der Waals surface area contributed by atoms with Crippen LogP contribution in [0.2, 0.25) is 0 Å². The fraction of sp³-hybridized carbons (Fsp3) is 1.00. The van der Waals surface area contributed by atoms with E-state index in [1.165, 1.54) is 0 Å². The summed E-state index contributed by atoms with van der Waals surface area (Å²) in [6.45, 7) is 6.74. The maximum absolute atomic E-state index is 2.42. The van der Waals surface area contributed by atoms with Crippen molar-refractivity contribution in [2.75, 3.05) is 0 Å². The minimum absolute atomic E-state index is 0.556. The maximum Gasteiger partial charge on any atom is -0.0116 e. The van der Waals surface area contributed by atoms with E-state index in [1.54, 1.807) is 0 Å². The van der Waals surface area contributed by atoms with Crippen LogP contribution in [0.5, 0.6) is 0 Å². The second-order valence-corrected chi connectivity index (χ2v) is 5.65. The molecule has 0 rings (SSSR count). The van der Waals surface area contributed by atoms with Gasteiger partial charge in [-0.3, -0.25) is 0 Å². The fourth-order valence-corrected chi connectivity index (χ4v) is 0. The summed E-state index contributed by atoms with van der Waals surface area (Å²) < 4.78 is 0. The number of hydrogen-bond donors (Lipinski definition) is 0. The van der Waals surface area contributed by atoms with Crippen molar-refractivity contribution in [3.05, 3.63) is 0 Å². The predicted molar refractivity (Wildman–Crippen MR) is 42.1 cm³/mol. The molecule has 0 aliphatic carbocycles. The van der Waals surface area contributed by atoms with E-state index < -0.39 is 0 Å². The molecule has 0 aliphatic rings. The molecule has 0 aromatic rings. The molecule has 0 fully saturated rings. The molecule has 0 radical (unpaired) electrons. The lowest BCUT2D eigenvalue weighted by atomic mass is 10.3. The first-order valence-electron chi connectivity index (χ1n) is 1.94. The van der Waals surface area contributed by atoms with Gasteiger partial charge in [-0.2, -0.15) is 0 Å². The average Bonchev–Trinajstić information content (AvgIpc) is 1.35. The quantitative estimate of drug-likeness (QED) is 0.431. The van der Waals surface area contributed by atoms with Crippen molar-refractivity contribution in [3.63, 3.8) is 0 Å². The second kappa shape index (κ2) is 2.46. The Labute approximate surface area is 54.4 Å². The van der Waals surface area contributed by atoms with Crippen molar-refractivity contribution in [2.45, 2.75) is 25.9 Å². The predicted octanol–water partition coefficient (Wildman–Crippen LogP) is 2.81. The Hall–Kier alpha value is 1.16. The van der Waals surface area contributed by atoms with Crippen LogP contribution in [-0.4, -0.2) is 5.16 Å². The van der Waals surface area contributed by atoms with E-state index in [1.807, 2.05) is 0 Å². The smallest absolute Gasteiger partial charge is 0.0116 e. The summed E-state index contributed by atoms with van der Waals surface area (Å²) in [6, 6.07) is 0. The molecular formula is C4H10IP. The lowest BCUT2D eigenvalue weighted by Crippen LogP contribution is -2.00. The maximum atomic E-state index is 2.42. The number of halogens is 1. The molecule has 0 spiro atoms. The van der Waals surface area contributed by atoms with Crippen LogP contribution in [0.1, 0.15) is 20.8 Å². The topological polar surface area (TPSA) is 0 Å². The molecule has 0 bridgehead atoms. The Morgan fingerprint density at radius 3 is 1.50 bits per heavy atom. The summed E-state index contributed by atoms with van der Waals surface area (Å²) in [6.07, 6.45) is 1.04. The van der Waals surface area contributed by atoms with Gasteiger partial charge in [0.15, 0.2) is 0 Å². The van der Waals surface area contributed by atoms with Gasteiger partial charge in [0.05, 0.1) is 0 Å². The Balaban J connectivity index is 3.17. The summed E-state index contributed by atoms with van der Waals surface area (Å²) in [5, 5.41) is 0.556. The van der Waals surface area contributed by atoms with Gasteiger partial charge in [-0.15, -0.1) is 0 Å². The number of hydrogen-bond acceptors (Lipinski definition) is 0. The molecule has 0 heterocycles. The van der Waals surface area contributed by atoms with Gasteiger partial charge in [-0.05, 0) is 11.4 Å². The van der Waals surface area contributed by atoms with E-state index >= 15 is 0 Å². The molecule has 1 atom stereocenters. The van der Waals surface area contributed by atoms with Crippen LogP contribution in [-0.2, 0) is 0 Å². The molecule has 0 nitrogen and oxygen atoms in total. The summed E-state index contributed by atoms with van der Waals surface area (Å²) in [5.74, 6) is 0. The van der Waals surface area contributed by atoms with Gasteiger partial charge in [0.2, 0.25) is 0 Å². The van der Waals surface area contributed by atoms with Crippen molar-refractivity contribution in [3.8, 4) is 0 Å². The summed E-state index contributed by atoms with van der Waals surface area (Å²) in [4.78, 5) is 0. The monoisotopic (exact) mass is 216 g/mol. The molecule has 0 N–H and O–H groups in total. The van der Waals surface area contributed by atoms with Gasteiger partial charge in [-0.25, -0.2) is 0 Å². The SMILES string of the molecule is CC(C)(C)PI. The molecule has 0 saturated heterocycles. The molecule has 0 aliphatic heterocycles. The zero-order chi connectivity index (χ0) is 5.21. The third-order valence-corrected chi connectivity index (χ3v) is 5.70. The van der Waals surface area contributed by atoms with E-state index in [9.17, 15) is 0 Å². The van der Waals surface area contributed by atoms with Crippen LogP contribution < -0.4 is 0 Å². The summed E-state index contributed by atoms with van der Waals surface area (Å²) >= 11 is 2.42. The molecule has 2 heteroatoms. The fourth-order valence-electron chi connectivity index (χ4n) is 0. The zero-order valence-corrected chi connectivity index (χ0v) is 7.54. The molecule has 0 aromatic carbocycles. The highest BCUT2D eigenvalue weighted by Gasteiger charge is 2.04. The van der Waals surface area contributed by atoms with E-state index in [2.05, 4.69) is 42.8 Å². The van der Waals surface area contributed by atoms with Crippen molar-refractivity contribution < 1.29 is 0 Å². The first-order chi connectivity index (χ1) is 2.56. The van der Waals surface area contributed by atoms with E-state index in [4.69, 9.17) is 0 Å². The molecule has 1 unspecified atom stereocenters. The van der Waals surface area contributed by atoms with Crippen molar-refractivity contribution in [2.24, 2.45) is 0 Å². The summed E-state index contributed by atoms with van der Waals surface area (Å²) in [5.41, 5.74) is 0. The molecule has 0 amide bonds. The second-order valence-electron chi connectivity index (χ2n) is 2.34. The van der Waals surface area contributed by atoms with Crippen LogP contribution in [0.3, 0.4) is 0 Å². The van der Waals surface area contributed by atoms with E-state index in [-0.39, 0.29) is 0 Å². The standard InChI is InChI=1S/C4H10IP/c1-4(2,3)6-5/h6H,1-3H3. The van der Waals surface area contributed by atoms with Gasteiger partial charge in [0, 0.05) is 0 Å². The van der Waals surface area contributed by atoms with Gasteiger partial charge in [0.1, 0.15) is 0 Å². The van der Waals surface area contributed by atoms with Crippen LogP contribution >= 0.6 is 28.3 Å². The average molecular weight is 216 g/mol. The summed E-state index contributed by atoms with van der Waals surface area (Å²) in [7, 11) is 0. The third-order valence-electron chi connectivity index (χ3n) is 0.283. The minimum atomic E-state index is 0.556. The van der Waals surface area contributed by atoms with Gasteiger partial charge >= 0.3 is 0 Å². The normalized spacial score (nSPS) is 14.0. The lowest BCUT2D eigenvalue weighted by molar-refractivity contribution is 0.803. The Morgan fingerprint density at radius 2 is 1.50 bits per heavy atom. The third kappa shape index (κ3) is 5.16. The first-order valence-corrected chi connectivity index (χ1v) is 6.05. The van der Waals surface area contributed by atoms with Crippen LogP contribution in [0, 0.1) is 0 Å². The zero-order valence-electron chi connectivity index (χ0n) is 4.38.